The summed E-state index contributed by atoms with van der Waals surface area (Å²) in [5.74, 6) is 2.73. The molecule has 0 aliphatic carbocycles. The monoisotopic (exact) mass is 281 g/mol. The van der Waals surface area contributed by atoms with Crippen LogP contribution < -0.4 is 5.32 Å². The fourth-order valence-corrected chi connectivity index (χ4v) is 3.02. The zero-order valence-electron chi connectivity index (χ0n) is 9.57. The van der Waals surface area contributed by atoms with E-state index in [-0.39, 0.29) is 5.91 Å². The van der Waals surface area contributed by atoms with Gasteiger partial charge in [-0.3, -0.25) is 9.89 Å². The number of halogens is 1. The lowest BCUT2D eigenvalue weighted by atomic mass is 10.1. The van der Waals surface area contributed by atoms with Crippen molar-refractivity contribution >= 4 is 45.9 Å². The molecule has 0 spiro atoms. The van der Waals surface area contributed by atoms with E-state index in [2.05, 4.69) is 15.5 Å². The third kappa shape index (κ3) is 2.33. The SMILES string of the molecule is O=C(CC1CSC1)Nc1cc(Cl)cc2cn[nH]c12. The Morgan fingerprint density at radius 3 is 3.11 bits per heavy atom. The van der Waals surface area contributed by atoms with Gasteiger partial charge in [-0.15, -0.1) is 0 Å². The molecule has 94 valence electrons. The maximum Gasteiger partial charge on any atom is 0.224 e. The highest BCUT2D eigenvalue weighted by Crippen LogP contribution is 2.29. The summed E-state index contributed by atoms with van der Waals surface area (Å²) in [6.45, 7) is 0. The van der Waals surface area contributed by atoms with Crippen LogP contribution in [0, 0.1) is 5.92 Å². The van der Waals surface area contributed by atoms with E-state index in [0.29, 0.717) is 23.0 Å². The lowest BCUT2D eigenvalue weighted by molar-refractivity contribution is -0.116. The van der Waals surface area contributed by atoms with Gasteiger partial charge in [0.2, 0.25) is 5.91 Å². The van der Waals surface area contributed by atoms with E-state index in [0.717, 1.165) is 22.4 Å². The van der Waals surface area contributed by atoms with Crippen molar-refractivity contribution in [2.75, 3.05) is 16.8 Å². The normalized spacial score (nSPS) is 15.6. The Hall–Kier alpha value is -1.20. The van der Waals surface area contributed by atoms with Gasteiger partial charge < -0.3 is 5.32 Å². The number of aromatic nitrogens is 2. The zero-order chi connectivity index (χ0) is 12.5. The van der Waals surface area contributed by atoms with Crippen molar-refractivity contribution in [1.29, 1.82) is 0 Å². The number of hydrogen-bond donors (Lipinski definition) is 2. The predicted octanol–water partition coefficient (Wildman–Crippen LogP) is 2.91. The summed E-state index contributed by atoms with van der Waals surface area (Å²) in [4.78, 5) is 11.9. The van der Waals surface area contributed by atoms with E-state index in [4.69, 9.17) is 11.6 Å². The average molecular weight is 282 g/mol. The van der Waals surface area contributed by atoms with Crippen molar-refractivity contribution in [3.63, 3.8) is 0 Å². The number of nitrogens with zero attached hydrogens (tertiary/aromatic N) is 1. The van der Waals surface area contributed by atoms with Crippen LogP contribution in [0.2, 0.25) is 5.02 Å². The lowest BCUT2D eigenvalue weighted by Gasteiger charge is -2.23. The standard InChI is InChI=1S/C12H12ClN3OS/c13-9-2-8-4-14-16-12(8)10(3-9)15-11(17)1-7-5-18-6-7/h2-4,7H,1,5-6H2,(H,14,16)(H,15,17). The van der Waals surface area contributed by atoms with Crippen molar-refractivity contribution in [3.8, 4) is 0 Å². The zero-order valence-corrected chi connectivity index (χ0v) is 11.1. The largest absolute Gasteiger partial charge is 0.324 e. The molecule has 1 aromatic heterocycles. The van der Waals surface area contributed by atoms with Gasteiger partial charge in [0.15, 0.2) is 0 Å². The Balaban J connectivity index is 1.80. The van der Waals surface area contributed by atoms with Crippen LogP contribution in [0.25, 0.3) is 10.9 Å². The number of benzene rings is 1. The minimum absolute atomic E-state index is 0.0402. The maximum absolute atomic E-state index is 11.9. The van der Waals surface area contributed by atoms with E-state index < -0.39 is 0 Å². The van der Waals surface area contributed by atoms with Crippen LogP contribution in [0.1, 0.15) is 6.42 Å². The summed E-state index contributed by atoms with van der Waals surface area (Å²) in [5, 5.41) is 11.2. The number of hydrogen-bond acceptors (Lipinski definition) is 3. The highest BCUT2D eigenvalue weighted by atomic mass is 35.5. The summed E-state index contributed by atoms with van der Waals surface area (Å²) in [6, 6.07) is 3.56. The summed E-state index contributed by atoms with van der Waals surface area (Å²) >= 11 is 7.89. The fraction of sp³-hybridized carbons (Fsp3) is 0.333. The molecule has 1 amide bonds. The smallest absolute Gasteiger partial charge is 0.224 e. The quantitative estimate of drug-likeness (QED) is 0.909. The summed E-state index contributed by atoms with van der Waals surface area (Å²) in [6.07, 6.45) is 2.27. The number of rotatable bonds is 3. The molecule has 1 saturated heterocycles. The van der Waals surface area contributed by atoms with Gasteiger partial charge in [-0.1, -0.05) is 11.6 Å². The molecule has 2 heterocycles. The van der Waals surface area contributed by atoms with Gasteiger partial charge in [-0.25, -0.2) is 0 Å². The molecule has 18 heavy (non-hydrogen) atoms. The van der Waals surface area contributed by atoms with Crippen molar-refractivity contribution in [3.05, 3.63) is 23.4 Å². The molecular formula is C12H12ClN3OS. The van der Waals surface area contributed by atoms with Crippen LogP contribution in [0.3, 0.4) is 0 Å². The number of carbonyl (C=O) groups excluding carboxylic acids is 1. The van der Waals surface area contributed by atoms with Gasteiger partial charge in [-0.2, -0.15) is 16.9 Å². The van der Waals surface area contributed by atoms with E-state index in [1.807, 2.05) is 17.8 Å². The molecule has 0 radical (unpaired) electrons. The minimum Gasteiger partial charge on any atom is -0.324 e. The number of fused-ring (bicyclic) bond motifs is 1. The van der Waals surface area contributed by atoms with Crippen LogP contribution >= 0.6 is 23.4 Å². The van der Waals surface area contributed by atoms with Crippen LogP contribution in [-0.2, 0) is 4.79 Å². The Labute approximate surface area is 113 Å². The second-order valence-corrected chi connectivity index (χ2v) is 5.95. The van der Waals surface area contributed by atoms with Crippen LogP contribution in [0.4, 0.5) is 5.69 Å². The highest BCUT2D eigenvalue weighted by molar-refractivity contribution is 8.00. The first-order chi connectivity index (χ1) is 8.72. The molecule has 3 rings (SSSR count). The van der Waals surface area contributed by atoms with Crippen molar-refractivity contribution in [2.45, 2.75) is 6.42 Å². The topological polar surface area (TPSA) is 57.8 Å². The number of thioether (sulfide) groups is 1. The van der Waals surface area contributed by atoms with E-state index in [9.17, 15) is 4.79 Å². The number of carbonyl (C=O) groups is 1. The van der Waals surface area contributed by atoms with E-state index in [1.165, 1.54) is 0 Å². The molecule has 1 aliphatic rings. The first-order valence-electron chi connectivity index (χ1n) is 5.72. The average Bonchev–Trinajstić information content (AvgIpc) is 2.71. The summed E-state index contributed by atoms with van der Waals surface area (Å²) in [5.41, 5.74) is 1.52. The molecular weight excluding hydrogens is 270 g/mol. The molecule has 6 heteroatoms. The number of anilines is 1. The molecule has 2 aromatic rings. The summed E-state index contributed by atoms with van der Waals surface area (Å²) < 4.78 is 0. The van der Waals surface area contributed by atoms with Crippen molar-refractivity contribution < 1.29 is 4.79 Å². The molecule has 0 unspecified atom stereocenters. The third-order valence-electron chi connectivity index (χ3n) is 2.97. The maximum atomic E-state index is 11.9. The molecule has 2 N–H and O–H groups in total. The van der Waals surface area contributed by atoms with E-state index >= 15 is 0 Å². The van der Waals surface area contributed by atoms with Crippen LogP contribution in [0.15, 0.2) is 18.3 Å². The van der Waals surface area contributed by atoms with Crippen LogP contribution in [-0.4, -0.2) is 27.6 Å². The second-order valence-electron chi connectivity index (χ2n) is 4.44. The predicted molar refractivity (Wildman–Crippen MR) is 75.2 cm³/mol. The lowest BCUT2D eigenvalue weighted by Crippen LogP contribution is -2.25. The molecule has 4 nitrogen and oxygen atoms in total. The molecule has 0 atom stereocenters. The van der Waals surface area contributed by atoms with Gasteiger partial charge in [0.05, 0.1) is 17.4 Å². The summed E-state index contributed by atoms with van der Waals surface area (Å²) in [7, 11) is 0. The van der Waals surface area contributed by atoms with Gasteiger partial charge in [0.1, 0.15) is 0 Å². The van der Waals surface area contributed by atoms with Crippen LogP contribution in [0.5, 0.6) is 0 Å². The number of H-pyrrole nitrogens is 1. The molecule has 1 fully saturated rings. The number of amides is 1. The molecule has 0 saturated carbocycles. The third-order valence-corrected chi connectivity index (χ3v) is 4.60. The Bertz CT molecular complexity index is 594. The Morgan fingerprint density at radius 2 is 2.39 bits per heavy atom. The van der Waals surface area contributed by atoms with Gasteiger partial charge >= 0.3 is 0 Å². The minimum atomic E-state index is 0.0402. The van der Waals surface area contributed by atoms with Gasteiger partial charge in [-0.05, 0) is 29.6 Å². The highest BCUT2D eigenvalue weighted by Gasteiger charge is 2.21. The fourth-order valence-electron chi connectivity index (χ4n) is 1.99. The number of nitrogens with one attached hydrogen (secondary N) is 2. The number of aromatic amines is 1. The van der Waals surface area contributed by atoms with Crippen molar-refractivity contribution in [1.82, 2.24) is 10.2 Å². The first-order valence-corrected chi connectivity index (χ1v) is 7.26. The Morgan fingerprint density at radius 1 is 1.56 bits per heavy atom. The van der Waals surface area contributed by atoms with Crippen molar-refractivity contribution in [2.24, 2.45) is 5.92 Å². The van der Waals surface area contributed by atoms with E-state index in [1.54, 1.807) is 12.3 Å². The Kier molecular flexibility index (Phi) is 3.18. The second kappa shape index (κ2) is 4.82. The van der Waals surface area contributed by atoms with Gasteiger partial charge in [0.25, 0.3) is 0 Å². The molecule has 0 bridgehead atoms. The first kappa shape index (κ1) is 11.9. The molecule has 1 aliphatic heterocycles. The van der Waals surface area contributed by atoms with Gasteiger partial charge in [0, 0.05) is 16.8 Å². The molecule has 1 aromatic carbocycles.